The fourth-order valence-electron chi connectivity index (χ4n) is 5.23. The molecule has 0 N–H and O–H groups in total. The zero-order valence-corrected chi connectivity index (χ0v) is 16.0. The lowest BCUT2D eigenvalue weighted by molar-refractivity contribution is 0.173. The Morgan fingerprint density at radius 1 is 0.962 bits per heavy atom. The molecule has 0 bridgehead atoms. The van der Waals surface area contributed by atoms with Gasteiger partial charge in [-0.1, -0.05) is 41.5 Å². The lowest BCUT2D eigenvalue weighted by Gasteiger charge is -2.33. The van der Waals surface area contributed by atoms with E-state index in [1.54, 1.807) is 11.3 Å². The molecule has 3 aromatic rings. The van der Waals surface area contributed by atoms with Crippen LogP contribution in [0.1, 0.15) is 53.3 Å². The van der Waals surface area contributed by atoms with Gasteiger partial charge in [0.05, 0.1) is 6.04 Å². The van der Waals surface area contributed by atoms with E-state index in [0.717, 1.165) is 13.1 Å². The Bertz CT molecular complexity index is 962. The van der Waals surface area contributed by atoms with Gasteiger partial charge in [-0.05, 0) is 62.8 Å². The van der Waals surface area contributed by atoms with E-state index in [4.69, 9.17) is 0 Å². The number of hydrogen-bond acceptors (Lipinski definition) is 1. The van der Waals surface area contributed by atoms with Gasteiger partial charge in [0.15, 0.2) is 0 Å². The van der Waals surface area contributed by atoms with Gasteiger partial charge in [0.25, 0.3) is 0 Å². The molecular weight excluding hydrogens is 316 g/mol. The zero-order valence-electron chi connectivity index (χ0n) is 16.0. The maximum Gasteiger partial charge on any atom is 0.0507 e. The monoisotopic (exact) mass is 344 g/mol. The van der Waals surface area contributed by atoms with E-state index in [0.29, 0.717) is 6.04 Å². The van der Waals surface area contributed by atoms with Crippen molar-refractivity contribution in [2.45, 2.75) is 58.7 Å². The van der Waals surface area contributed by atoms with Crippen LogP contribution < -0.4 is 0 Å². The molecule has 2 nitrogen and oxygen atoms in total. The first-order chi connectivity index (χ1) is 12.7. The third-order valence-corrected chi connectivity index (χ3v) is 6.32. The normalized spacial score (nSPS) is 20.2. The minimum absolute atomic E-state index is 0.578. The highest BCUT2D eigenvalue weighted by Crippen LogP contribution is 2.42. The van der Waals surface area contributed by atoms with Crippen LogP contribution >= 0.6 is 0 Å². The number of fused-ring (bicyclic) bond motifs is 3. The average molecular weight is 345 g/mol. The van der Waals surface area contributed by atoms with Crippen molar-refractivity contribution < 1.29 is 0 Å². The molecule has 0 saturated carbocycles. The van der Waals surface area contributed by atoms with Crippen LogP contribution in [0.4, 0.5) is 0 Å². The maximum absolute atomic E-state index is 2.75. The lowest BCUT2D eigenvalue weighted by atomic mass is 9.90. The van der Waals surface area contributed by atoms with Crippen molar-refractivity contribution in [3.63, 3.8) is 0 Å². The summed E-state index contributed by atoms with van der Waals surface area (Å²) in [5.74, 6) is 0. The van der Waals surface area contributed by atoms with Gasteiger partial charge in [-0.15, -0.1) is 0 Å². The fourth-order valence-corrected chi connectivity index (χ4v) is 5.23. The first kappa shape index (κ1) is 16.1. The van der Waals surface area contributed by atoms with E-state index in [9.17, 15) is 0 Å². The Morgan fingerprint density at radius 3 is 2.73 bits per heavy atom. The summed E-state index contributed by atoms with van der Waals surface area (Å²) < 4.78 is 2.66. The SMILES string of the molecule is Cc1cccc(CN2CCCn3c4c(c5cc(C)ccc53)CCCC42)c1. The second kappa shape index (κ2) is 6.28. The molecule has 1 atom stereocenters. The van der Waals surface area contributed by atoms with E-state index in [1.165, 1.54) is 59.8 Å². The number of aromatic nitrogens is 1. The Kier molecular flexibility index (Phi) is 3.90. The summed E-state index contributed by atoms with van der Waals surface area (Å²) in [6.07, 6.45) is 5.10. The summed E-state index contributed by atoms with van der Waals surface area (Å²) >= 11 is 0. The zero-order chi connectivity index (χ0) is 17.7. The molecule has 1 aromatic heterocycles. The van der Waals surface area contributed by atoms with Gasteiger partial charge in [-0.2, -0.15) is 0 Å². The van der Waals surface area contributed by atoms with Crippen molar-refractivity contribution in [1.29, 1.82) is 0 Å². The van der Waals surface area contributed by atoms with Crippen LogP contribution in [-0.4, -0.2) is 16.0 Å². The van der Waals surface area contributed by atoms with Crippen LogP contribution in [-0.2, 0) is 19.5 Å². The second-order valence-corrected chi connectivity index (χ2v) is 8.26. The summed E-state index contributed by atoms with van der Waals surface area (Å²) in [4.78, 5) is 2.75. The highest BCUT2D eigenvalue weighted by molar-refractivity contribution is 5.86. The molecule has 2 aliphatic rings. The third-order valence-electron chi connectivity index (χ3n) is 6.32. The summed E-state index contributed by atoms with van der Waals surface area (Å²) in [6, 6.07) is 16.7. The molecule has 1 aliphatic heterocycles. The van der Waals surface area contributed by atoms with Gasteiger partial charge in [-0.25, -0.2) is 0 Å². The average Bonchev–Trinajstić information content (AvgIpc) is 2.82. The molecule has 2 heterocycles. The van der Waals surface area contributed by atoms with E-state index < -0.39 is 0 Å². The lowest BCUT2D eigenvalue weighted by Crippen LogP contribution is -2.31. The Hall–Kier alpha value is -2.06. The molecule has 0 spiro atoms. The predicted molar refractivity (Wildman–Crippen MR) is 109 cm³/mol. The van der Waals surface area contributed by atoms with Crippen molar-refractivity contribution in [1.82, 2.24) is 9.47 Å². The molecule has 1 aliphatic carbocycles. The van der Waals surface area contributed by atoms with E-state index in [1.807, 2.05) is 0 Å². The first-order valence-corrected chi connectivity index (χ1v) is 10.1. The topological polar surface area (TPSA) is 8.17 Å². The van der Waals surface area contributed by atoms with Gasteiger partial charge in [0.2, 0.25) is 0 Å². The minimum atomic E-state index is 0.578. The summed E-state index contributed by atoms with van der Waals surface area (Å²) in [6.45, 7) is 7.86. The second-order valence-electron chi connectivity index (χ2n) is 8.26. The van der Waals surface area contributed by atoms with E-state index in [2.05, 4.69) is 65.8 Å². The van der Waals surface area contributed by atoms with Crippen molar-refractivity contribution >= 4 is 10.9 Å². The van der Waals surface area contributed by atoms with Crippen molar-refractivity contribution in [2.24, 2.45) is 0 Å². The number of hydrogen-bond donors (Lipinski definition) is 0. The molecular formula is C24H28N2. The molecule has 5 rings (SSSR count). The third kappa shape index (κ3) is 2.59. The molecule has 2 heteroatoms. The number of nitrogens with zero attached hydrogens (tertiary/aromatic N) is 2. The number of benzene rings is 2. The van der Waals surface area contributed by atoms with Crippen molar-refractivity contribution in [2.75, 3.05) is 6.54 Å². The fraction of sp³-hybridized carbons (Fsp3) is 0.417. The smallest absolute Gasteiger partial charge is 0.0507 e. The van der Waals surface area contributed by atoms with Crippen LogP contribution in [0.25, 0.3) is 10.9 Å². The van der Waals surface area contributed by atoms with Crippen molar-refractivity contribution in [3.05, 3.63) is 70.4 Å². The summed E-state index contributed by atoms with van der Waals surface area (Å²) in [5.41, 5.74) is 8.93. The molecule has 1 unspecified atom stereocenters. The molecule has 2 aromatic carbocycles. The maximum atomic E-state index is 2.75. The number of aryl methyl sites for hydroxylation is 4. The van der Waals surface area contributed by atoms with Gasteiger partial charge >= 0.3 is 0 Å². The summed E-state index contributed by atoms with van der Waals surface area (Å²) in [7, 11) is 0. The molecule has 0 saturated heterocycles. The molecule has 26 heavy (non-hydrogen) atoms. The van der Waals surface area contributed by atoms with Gasteiger partial charge in [-0.3, -0.25) is 4.90 Å². The van der Waals surface area contributed by atoms with Crippen molar-refractivity contribution in [3.8, 4) is 0 Å². The standard InChI is InChI=1S/C24H28N2/c1-17-6-3-7-19(14-17)16-25-12-5-13-26-22-11-10-18(2)15-21(22)20-8-4-9-23(25)24(20)26/h3,6-7,10-11,14-15,23H,4-5,8-9,12-13,16H2,1-2H3. The number of rotatable bonds is 2. The molecule has 134 valence electrons. The molecule has 0 fully saturated rings. The Morgan fingerprint density at radius 2 is 1.85 bits per heavy atom. The van der Waals surface area contributed by atoms with Crippen LogP contribution in [0.2, 0.25) is 0 Å². The Balaban J connectivity index is 1.60. The minimum Gasteiger partial charge on any atom is -0.343 e. The van der Waals surface area contributed by atoms with Gasteiger partial charge < -0.3 is 4.57 Å². The summed E-state index contributed by atoms with van der Waals surface area (Å²) in [5, 5.41) is 1.52. The van der Waals surface area contributed by atoms with Gasteiger partial charge in [0.1, 0.15) is 0 Å². The van der Waals surface area contributed by atoms with Crippen LogP contribution in [0.15, 0.2) is 42.5 Å². The van der Waals surface area contributed by atoms with E-state index in [-0.39, 0.29) is 0 Å². The quantitative estimate of drug-likeness (QED) is 0.592. The first-order valence-electron chi connectivity index (χ1n) is 10.1. The largest absolute Gasteiger partial charge is 0.343 e. The highest BCUT2D eigenvalue weighted by atomic mass is 15.2. The molecule has 0 amide bonds. The van der Waals surface area contributed by atoms with Gasteiger partial charge in [0, 0.05) is 36.2 Å². The van der Waals surface area contributed by atoms with E-state index >= 15 is 0 Å². The van der Waals surface area contributed by atoms with Crippen LogP contribution in [0.3, 0.4) is 0 Å². The predicted octanol–water partition coefficient (Wildman–Crippen LogP) is 5.54. The van der Waals surface area contributed by atoms with Crippen LogP contribution in [0, 0.1) is 13.8 Å². The molecule has 0 radical (unpaired) electrons. The highest BCUT2D eigenvalue weighted by Gasteiger charge is 2.33. The Labute approximate surface area is 156 Å². The van der Waals surface area contributed by atoms with Crippen LogP contribution in [0.5, 0.6) is 0 Å².